The van der Waals surface area contributed by atoms with Crippen LogP contribution < -0.4 is 5.32 Å². The summed E-state index contributed by atoms with van der Waals surface area (Å²) in [5.74, 6) is 0.530. The number of nitrogens with one attached hydrogen (secondary N) is 1. The summed E-state index contributed by atoms with van der Waals surface area (Å²) in [4.78, 5) is 14.5. The van der Waals surface area contributed by atoms with Gasteiger partial charge in [0.1, 0.15) is 5.60 Å². The zero-order chi connectivity index (χ0) is 19.4. The Bertz CT molecular complexity index is 817. The molecule has 0 spiro atoms. The summed E-state index contributed by atoms with van der Waals surface area (Å²) in [6.07, 6.45) is 1.36. The predicted octanol–water partition coefficient (Wildman–Crippen LogP) is 3.82. The maximum absolute atomic E-state index is 11.9. The van der Waals surface area contributed by atoms with Crippen LogP contribution in [0.15, 0.2) is 34.7 Å². The zero-order valence-electron chi connectivity index (χ0n) is 16.0. The summed E-state index contributed by atoms with van der Waals surface area (Å²) in [6.45, 7) is 7.85. The molecule has 0 unspecified atom stereocenters. The summed E-state index contributed by atoms with van der Waals surface area (Å²) < 4.78 is 12.7. The summed E-state index contributed by atoms with van der Waals surface area (Å²) in [7, 11) is 0. The smallest absolute Gasteiger partial charge is 0.407 e. The fourth-order valence-corrected chi connectivity index (χ4v) is 3.15. The number of carbonyl (C=O) groups is 1. The van der Waals surface area contributed by atoms with E-state index in [0.29, 0.717) is 17.4 Å². The van der Waals surface area contributed by atoms with E-state index in [1.807, 2.05) is 51.1 Å². The van der Waals surface area contributed by atoms with Crippen molar-refractivity contribution >= 4 is 18.3 Å². The van der Waals surface area contributed by atoms with E-state index in [4.69, 9.17) is 21.4 Å². The number of aromatic nitrogens is 2. The Morgan fingerprint density at radius 1 is 1.30 bits per heavy atom. The van der Waals surface area contributed by atoms with Gasteiger partial charge >= 0.3 is 6.09 Å². The Morgan fingerprint density at radius 3 is 2.59 bits per heavy atom. The summed E-state index contributed by atoms with van der Waals surface area (Å²) in [5, 5.41) is 7.44. The van der Waals surface area contributed by atoms with Crippen LogP contribution >= 0.6 is 12.2 Å². The molecule has 1 saturated heterocycles. The fourth-order valence-electron chi connectivity index (χ4n) is 2.98. The van der Waals surface area contributed by atoms with Gasteiger partial charge in [0.25, 0.3) is 4.84 Å². The van der Waals surface area contributed by atoms with E-state index in [1.54, 1.807) is 4.68 Å². The highest BCUT2D eigenvalue weighted by Crippen LogP contribution is 2.18. The number of ether oxygens (including phenoxy) is 1. The van der Waals surface area contributed by atoms with Gasteiger partial charge < -0.3 is 14.5 Å². The number of hydrogen-bond acceptors (Lipinski definition) is 6. The van der Waals surface area contributed by atoms with Gasteiger partial charge in [0.15, 0.2) is 0 Å². The van der Waals surface area contributed by atoms with Crippen molar-refractivity contribution in [2.45, 2.75) is 51.9 Å². The van der Waals surface area contributed by atoms with Crippen LogP contribution in [0.2, 0.25) is 0 Å². The second-order valence-electron chi connectivity index (χ2n) is 7.72. The topological polar surface area (TPSA) is 72.5 Å². The van der Waals surface area contributed by atoms with Gasteiger partial charge in [-0.05, 0) is 58.0 Å². The predicted molar refractivity (Wildman–Crippen MR) is 105 cm³/mol. The van der Waals surface area contributed by atoms with Crippen LogP contribution in [0.25, 0.3) is 11.5 Å². The second-order valence-corrected chi connectivity index (χ2v) is 8.07. The lowest BCUT2D eigenvalue weighted by Gasteiger charge is -2.32. The van der Waals surface area contributed by atoms with Crippen LogP contribution in [-0.4, -0.2) is 45.5 Å². The maximum atomic E-state index is 11.9. The number of likely N-dealkylation sites (tertiary alicyclic amines) is 1. The van der Waals surface area contributed by atoms with E-state index in [-0.39, 0.29) is 12.1 Å². The molecule has 1 N–H and O–H groups in total. The number of hydrogen-bond donors (Lipinski definition) is 1. The number of nitrogens with zero attached hydrogens (tertiary/aromatic N) is 3. The van der Waals surface area contributed by atoms with Gasteiger partial charge in [-0.1, -0.05) is 18.2 Å². The average Bonchev–Trinajstić information content (AvgIpc) is 2.96. The monoisotopic (exact) mass is 390 g/mol. The van der Waals surface area contributed by atoms with Crippen LogP contribution in [0.5, 0.6) is 0 Å². The standard InChI is InChI=1S/C19H26N4O3S/c1-19(2,3)26-17(24)20-15-9-11-22(12-10-15)13-23-18(27)25-16(21-23)14-7-5-4-6-8-14/h4-8,15H,9-13H2,1-3H3,(H,20,24). The van der Waals surface area contributed by atoms with Gasteiger partial charge in [0.05, 0.1) is 6.67 Å². The molecular weight excluding hydrogens is 364 g/mol. The number of carbonyl (C=O) groups excluding carboxylic acids is 1. The molecule has 3 rings (SSSR count). The summed E-state index contributed by atoms with van der Waals surface area (Å²) in [6, 6.07) is 9.84. The minimum absolute atomic E-state index is 0.126. The molecule has 27 heavy (non-hydrogen) atoms. The van der Waals surface area contributed by atoms with Crippen molar-refractivity contribution in [2.75, 3.05) is 13.1 Å². The lowest BCUT2D eigenvalue weighted by Crippen LogP contribution is -2.46. The molecule has 0 bridgehead atoms. The van der Waals surface area contributed by atoms with E-state index in [9.17, 15) is 4.79 Å². The Morgan fingerprint density at radius 2 is 1.96 bits per heavy atom. The Balaban J connectivity index is 1.52. The molecular formula is C19H26N4O3S. The van der Waals surface area contributed by atoms with Crippen molar-refractivity contribution < 1.29 is 13.9 Å². The minimum Gasteiger partial charge on any atom is -0.444 e. The Kier molecular flexibility index (Phi) is 5.96. The molecule has 1 amide bonds. The molecule has 146 valence electrons. The number of alkyl carbamates (subject to hydrolysis) is 1. The van der Waals surface area contributed by atoms with Crippen molar-refractivity contribution in [2.24, 2.45) is 0 Å². The van der Waals surface area contributed by atoms with Crippen molar-refractivity contribution in [1.82, 2.24) is 20.0 Å². The molecule has 1 aliphatic rings. The molecule has 7 nitrogen and oxygen atoms in total. The van der Waals surface area contributed by atoms with E-state index in [0.717, 1.165) is 31.5 Å². The first kappa shape index (κ1) is 19.6. The van der Waals surface area contributed by atoms with Gasteiger partial charge in [-0.15, -0.1) is 5.10 Å². The van der Waals surface area contributed by atoms with Crippen molar-refractivity contribution in [1.29, 1.82) is 0 Å². The molecule has 0 radical (unpaired) electrons. The molecule has 1 aromatic carbocycles. The molecule has 8 heteroatoms. The highest BCUT2D eigenvalue weighted by molar-refractivity contribution is 7.71. The molecule has 0 aliphatic carbocycles. The third-order valence-electron chi connectivity index (χ3n) is 4.27. The van der Waals surface area contributed by atoms with Gasteiger partial charge in [-0.2, -0.15) is 0 Å². The Hall–Kier alpha value is -2.19. The number of rotatable bonds is 4. The van der Waals surface area contributed by atoms with E-state index in [1.165, 1.54) is 0 Å². The van der Waals surface area contributed by atoms with Crippen molar-refractivity contribution in [3.8, 4) is 11.5 Å². The number of piperidine rings is 1. The van der Waals surface area contributed by atoms with Crippen LogP contribution in [-0.2, 0) is 11.4 Å². The summed E-state index contributed by atoms with van der Waals surface area (Å²) >= 11 is 5.31. The lowest BCUT2D eigenvalue weighted by atomic mass is 10.1. The maximum Gasteiger partial charge on any atom is 0.407 e. The molecule has 2 aromatic rings. The molecule has 0 saturated carbocycles. The quantitative estimate of drug-likeness (QED) is 0.800. The van der Waals surface area contributed by atoms with Gasteiger partial charge in [-0.3, -0.25) is 4.90 Å². The number of amides is 1. The minimum atomic E-state index is -0.481. The first-order valence-corrected chi connectivity index (χ1v) is 9.56. The highest BCUT2D eigenvalue weighted by Gasteiger charge is 2.24. The Labute approximate surface area is 164 Å². The molecule has 2 heterocycles. The van der Waals surface area contributed by atoms with Crippen LogP contribution in [0.1, 0.15) is 33.6 Å². The van der Waals surface area contributed by atoms with Crippen LogP contribution in [0, 0.1) is 4.84 Å². The molecule has 0 atom stereocenters. The first-order valence-electron chi connectivity index (χ1n) is 9.15. The van der Waals surface area contributed by atoms with E-state index in [2.05, 4.69) is 15.3 Å². The van der Waals surface area contributed by atoms with Crippen LogP contribution in [0.4, 0.5) is 4.79 Å². The van der Waals surface area contributed by atoms with E-state index < -0.39 is 5.60 Å². The molecule has 1 aliphatic heterocycles. The second kappa shape index (κ2) is 8.22. The van der Waals surface area contributed by atoms with E-state index >= 15 is 0 Å². The summed E-state index contributed by atoms with van der Waals surface area (Å²) in [5.41, 5.74) is 0.424. The average molecular weight is 391 g/mol. The largest absolute Gasteiger partial charge is 0.444 e. The van der Waals surface area contributed by atoms with Gasteiger partial charge in [0, 0.05) is 24.7 Å². The third-order valence-corrected chi connectivity index (χ3v) is 4.56. The van der Waals surface area contributed by atoms with Gasteiger partial charge in [-0.25, -0.2) is 9.48 Å². The van der Waals surface area contributed by atoms with Crippen LogP contribution in [0.3, 0.4) is 0 Å². The molecule has 1 fully saturated rings. The first-order chi connectivity index (χ1) is 12.8. The van der Waals surface area contributed by atoms with Crippen molar-refractivity contribution in [3.63, 3.8) is 0 Å². The van der Waals surface area contributed by atoms with Gasteiger partial charge in [0.2, 0.25) is 5.89 Å². The third kappa shape index (κ3) is 5.64. The number of benzene rings is 1. The zero-order valence-corrected chi connectivity index (χ0v) is 16.8. The lowest BCUT2D eigenvalue weighted by molar-refractivity contribution is 0.0470. The SMILES string of the molecule is CC(C)(C)OC(=O)NC1CCN(Cn2nc(-c3ccccc3)oc2=S)CC1. The van der Waals surface area contributed by atoms with Crippen molar-refractivity contribution in [3.05, 3.63) is 35.2 Å². The fraction of sp³-hybridized carbons (Fsp3) is 0.526. The normalized spacial score (nSPS) is 16.3. The highest BCUT2D eigenvalue weighted by atomic mass is 32.1. The molecule has 1 aromatic heterocycles.